The molecule has 1 saturated heterocycles. The number of piperidine rings is 1. The molecule has 1 aromatic carbocycles. The normalized spacial score (nSPS) is 15.1. The third-order valence-corrected chi connectivity index (χ3v) is 3.96. The first-order chi connectivity index (χ1) is 11.1. The summed E-state index contributed by atoms with van der Waals surface area (Å²) in [7, 11) is 1.26. The van der Waals surface area contributed by atoms with Gasteiger partial charge in [0.25, 0.3) is 0 Å². The van der Waals surface area contributed by atoms with Gasteiger partial charge in [0, 0.05) is 19.0 Å². The minimum atomic E-state index is -0.514. The van der Waals surface area contributed by atoms with Crippen LogP contribution in [0.3, 0.4) is 0 Å². The number of benzene rings is 1. The molecule has 0 unspecified atom stereocenters. The van der Waals surface area contributed by atoms with Gasteiger partial charge in [-0.05, 0) is 18.4 Å². The molecule has 0 saturated carbocycles. The number of hydrogen-bond acceptors (Lipinski definition) is 5. The Kier molecular flexibility index (Phi) is 6.14. The SMILES string of the molecule is COC(=O)CC(=O)C1CCN(C(=O)OCc2ccccc2)CC1. The molecule has 6 heteroatoms. The van der Waals surface area contributed by atoms with Gasteiger partial charge in [-0.2, -0.15) is 0 Å². The molecule has 0 spiro atoms. The molecule has 1 fully saturated rings. The molecule has 6 nitrogen and oxygen atoms in total. The molecule has 1 amide bonds. The number of Topliss-reactive ketones (excluding diaryl/α,β-unsaturated/α-hetero) is 1. The van der Waals surface area contributed by atoms with Crippen LogP contribution in [-0.2, 0) is 25.7 Å². The van der Waals surface area contributed by atoms with Gasteiger partial charge in [-0.1, -0.05) is 30.3 Å². The van der Waals surface area contributed by atoms with Gasteiger partial charge in [0.15, 0.2) is 0 Å². The number of carbonyl (C=O) groups is 3. The Bertz CT molecular complexity index is 549. The smallest absolute Gasteiger partial charge is 0.410 e. The van der Waals surface area contributed by atoms with Gasteiger partial charge in [-0.3, -0.25) is 9.59 Å². The Balaban J connectivity index is 1.74. The zero-order valence-corrected chi connectivity index (χ0v) is 13.2. The number of amides is 1. The summed E-state index contributed by atoms with van der Waals surface area (Å²) in [5, 5.41) is 0. The number of ketones is 1. The highest BCUT2D eigenvalue weighted by Crippen LogP contribution is 2.20. The number of hydrogen-bond donors (Lipinski definition) is 0. The van der Waals surface area contributed by atoms with Gasteiger partial charge < -0.3 is 14.4 Å². The molecule has 1 heterocycles. The van der Waals surface area contributed by atoms with Crippen molar-refractivity contribution in [3.05, 3.63) is 35.9 Å². The summed E-state index contributed by atoms with van der Waals surface area (Å²) < 4.78 is 9.77. The lowest BCUT2D eigenvalue weighted by molar-refractivity contribution is -0.144. The monoisotopic (exact) mass is 319 g/mol. The summed E-state index contributed by atoms with van der Waals surface area (Å²) in [6.07, 6.45) is 0.541. The van der Waals surface area contributed by atoms with Gasteiger partial charge in [-0.25, -0.2) is 4.79 Å². The van der Waals surface area contributed by atoms with Crippen molar-refractivity contribution in [2.24, 2.45) is 5.92 Å². The highest BCUT2D eigenvalue weighted by molar-refractivity contribution is 5.96. The maximum Gasteiger partial charge on any atom is 0.410 e. The summed E-state index contributed by atoms with van der Waals surface area (Å²) in [6, 6.07) is 9.47. The second-order valence-corrected chi connectivity index (χ2v) is 5.52. The van der Waals surface area contributed by atoms with Crippen molar-refractivity contribution in [1.29, 1.82) is 0 Å². The number of rotatable bonds is 5. The van der Waals surface area contributed by atoms with Crippen LogP contribution in [0.1, 0.15) is 24.8 Å². The summed E-state index contributed by atoms with van der Waals surface area (Å²) >= 11 is 0. The van der Waals surface area contributed by atoms with Gasteiger partial charge in [0.1, 0.15) is 18.8 Å². The van der Waals surface area contributed by atoms with Crippen molar-refractivity contribution in [1.82, 2.24) is 4.90 Å². The van der Waals surface area contributed by atoms with Gasteiger partial charge in [-0.15, -0.1) is 0 Å². The van der Waals surface area contributed by atoms with Crippen LogP contribution >= 0.6 is 0 Å². The zero-order valence-electron chi connectivity index (χ0n) is 13.2. The first kappa shape index (κ1) is 17.0. The van der Waals surface area contributed by atoms with Crippen LogP contribution in [0, 0.1) is 5.92 Å². The lowest BCUT2D eigenvalue weighted by atomic mass is 9.91. The van der Waals surface area contributed by atoms with Crippen molar-refractivity contribution >= 4 is 17.8 Å². The second-order valence-electron chi connectivity index (χ2n) is 5.52. The average molecular weight is 319 g/mol. The highest BCUT2D eigenvalue weighted by atomic mass is 16.6. The van der Waals surface area contributed by atoms with Gasteiger partial charge in [0.05, 0.1) is 7.11 Å². The minimum absolute atomic E-state index is 0.117. The van der Waals surface area contributed by atoms with E-state index in [0.717, 1.165) is 5.56 Å². The molecule has 0 radical (unpaired) electrons. The molecular weight excluding hydrogens is 298 g/mol. The van der Waals surface area contributed by atoms with Crippen molar-refractivity contribution < 1.29 is 23.9 Å². The summed E-state index contributed by atoms with van der Waals surface area (Å²) in [6.45, 7) is 1.16. The predicted octanol–water partition coefficient (Wildman–Crippen LogP) is 2.17. The average Bonchev–Trinajstić information content (AvgIpc) is 2.60. The van der Waals surface area contributed by atoms with E-state index in [0.29, 0.717) is 25.9 Å². The van der Waals surface area contributed by atoms with Crippen molar-refractivity contribution in [3.8, 4) is 0 Å². The van der Waals surface area contributed by atoms with Crippen LogP contribution in [0.2, 0.25) is 0 Å². The number of nitrogens with zero attached hydrogens (tertiary/aromatic N) is 1. The van der Waals surface area contributed by atoms with Crippen LogP contribution in [0.25, 0.3) is 0 Å². The molecule has 1 aromatic rings. The van der Waals surface area contributed by atoms with Crippen LogP contribution in [0.5, 0.6) is 0 Å². The quantitative estimate of drug-likeness (QED) is 0.614. The number of carbonyl (C=O) groups excluding carboxylic acids is 3. The molecule has 0 bridgehead atoms. The third-order valence-electron chi connectivity index (χ3n) is 3.96. The molecule has 1 aliphatic rings. The van der Waals surface area contributed by atoms with E-state index in [4.69, 9.17) is 4.74 Å². The Morgan fingerprint density at radius 2 is 1.78 bits per heavy atom. The largest absolute Gasteiger partial charge is 0.469 e. The van der Waals surface area contributed by atoms with E-state index < -0.39 is 5.97 Å². The van der Waals surface area contributed by atoms with Crippen molar-refractivity contribution in [3.63, 3.8) is 0 Å². The maximum absolute atomic E-state index is 12.0. The van der Waals surface area contributed by atoms with Gasteiger partial charge >= 0.3 is 12.1 Å². The molecule has 0 aromatic heterocycles. The first-order valence-corrected chi connectivity index (χ1v) is 7.65. The molecule has 1 aliphatic heterocycles. The lowest BCUT2D eigenvalue weighted by Gasteiger charge is -2.30. The summed E-state index contributed by atoms with van der Waals surface area (Å²) in [5.41, 5.74) is 0.934. The number of ether oxygens (including phenoxy) is 2. The first-order valence-electron chi connectivity index (χ1n) is 7.65. The fourth-order valence-electron chi connectivity index (χ4n) is 2.55. The molecule has 124 valence electrons. The molecule has 0 aliphatic carbocycles. The maximum atomic E-state index is 12.0. The van der Waals surface area contributed by atoms with Crippen molar-refractivity contribution in [2.45, 2.75) is 25.9 Å². The van der Waals surface area contributed by atoms with Crippen LogP contribution in [0.4, 0.5) is 4.79 Å². The van der Waals surface area contributed by atoms with E-state index in [-0.39, 0.29) is 30.8 Å². The third kappa shape index (κ3) is 5.09. The fraction of sp³-hybridized carbons (Fsp3) is 0.471. The van der Waals surface area contributed by atoms with E-state index >= 15 is 0 Å². The molecule has 23 heavy (non-hydrogen) atoms. The Hall–Kier alpha value is -2.37. The second kappa shape index (κ2) is 8.31. The van der Waals surface area contributed by atoms with E-state index in [1.54, 1.807) is 4.90 Å². The Morgan fingerprint density at radius 3 is 2.39 bits per heavy atom. The summed E-state index contributed by atoms with van der Waals surface area (Å²) in [4.78, 5) is 36.7. The van der Waals surface area contributed by atoms with E-state index in [1.165, 1.54) is 7.11 Å². The zero-order chi connectivity index (χ0) is 16.7. The number of esters is 1. The number of methoxy groups -OCH3 is 1. The predicted molar refractivity (Wildman–Crippen MR) is 82.6 cm³/mol. The molecule has 0 N–H and O–H groups in total. The molecule has 0 atom stereocenters. The topological polar surface area (TPSA) is 72.9 Å². The highest BCUT2D eigenvalue weighted by Gasteiger charge is 2.29. The van der Waals surface area contributed by atoms with Crippen LogP contribution in [-0.4, -0.2) is 42.9 Å². The van der Waals surface area contributed by atoms with Crippen LogP contribution in [0.15, 0.2) is 30.3 Å². The van der Waals surface area contributed by atoms with Crippen LogP contribution < -0.4 is 0 Å². The van der Waals surface area contributed by atoms with E-state index in [1.807, 2.05) is 30.3 Å². The van der Waals surface area contributed by atoms with Gasteiger partial charge in [0.2, 0.25) is 0 Å². The lowest BCUT2D eigenvalue weighted by Crippen LogP contribution is -2.40. The number of likely N-dealkylation sites (tertiary alicyclic amines) is 1. The Labute approximate surface area is 135 Å². The van der Waals surface area contributed by atoms with E-state index in [9.17, 15) is 14.4 Å². The Morgan fingerprint density at radius 1 is 1.13 bits per heavy atom. The van der Waals surface area contributed by atoms with E-state index in [2.05, 4.69) is 4.74 Å². The molecular formula is C17H21NO5. The summed E-state index contributed by atoms with van der Waals surface area (Å²) in [5.74, 6) is -0.818. The minimum Gasteiger partial charge on any atom is -0.469 e. The fourth-order valence-corrected chi connectivity index (χ4v) is 2.55. The molecule has 2 rings (SSSR count). The van der Waals surface area contributed by atoms with Crippen molar-refractivity contribution in [2.75, 3.05) is 20.2 Å². The standard InChI is InChI=1S/C17H21NO5/c1-22-16(20)11-15(19)14-7-9-18(10-8-14)17(21)23-12-13-5-3-2-4-6-13/h2-6,14H,7-12H2,1H3.